The van der Waals surface area contributed by atoms with Crippen molar-refractivity contribution in [2.45, 2.75) is 23.9 Å². The van der Waals surface area contributed by atoms with Crippen LogP contribution in [0.5, 0.6) is 0 Å². The third kappa shape index (κ3) is 4.65. The molecule has 1 aliphatic heterocycles. The summed E-state index contributed by atoms with van der Waals surface area (Å²) in [6, 6.07) is 19.1. The monoisotopic (exact) mass is 419 g/mol. The maximum atomic E-state index is 12.6. The maximum absolute atomic E-state index is 12.6. The second-order valence-corrected chi connectivity index (χ2v) is 8.90. The van der Waals surface area contributed by atoms with Crippen LogP contribution in [0.3, 0.4) is 0 Å². The van der Waals surface area contributed by atoms with Gasteiger partial charge in [-0.05, 0) is 0 Å². The molecular weight excluding hydrogens is 397 g/mol. The van der Waals surface area contributed by atoms with Crippen molar-refractivity contribution < 1.29 is 19.1 Å². The van der Waals surface area contributed by atoms with E-state index in [1.54, 1.807) is 0 Å². The van der Waals surface area contributed by atoms with Crippen LogP contribution in [0, 0.1) is 0 Å². The quantitative estimate of drug-likeness (QED) is 0.553. The van der Waals surface area contributed by atoms with Gasteiger partial charge in [-0.2, -0.15) is 0 Å². The number of rotatable bonds is 5. The van der Waals surface area contributed by atoms with Gasteiger partial charge in [-0.3, -0.25) is 0 Å². The molecular formula is C20H21NO4Se. The number of carbonyl (C=O) groups is 2. The summed E-state index contributed by atoms with van der Waals surface area (Å²) in [7, 11) is 1.35. The predicted octanol–water partition coefficient (Wildman–Crippen LogP) is 2.39. The Bertz CT molecular complexity index is 738. The molecule has 5 nitrogen and oxygen atoms in total. The SMILES string of the molecule is COC(=O)C1CC([Se]c2ccccc2)CN1C(=O)OCc1ccccc1. The van der Waals surface area contributed by atoms with E-state index in [0.717, 1.165) is 5.56 Å². The van der Waals surface area contributed by atoms with E-state index in [9.17, 15) is 9.59 Å². The summed E-state index contributed by atoms with van der Waals surface area (Å²) in [6.07, 6.45) is 0.151. The Morgan fingerprint density at radius 1 is 1.08 bits per heavy atom. The molecule has 2 aromatic carbocycles. The number of amides is 1. The van der Waals surface area contributed by atoms with Gasteiger partial charge in [-0.15, -0.1) is 0 Å². The van der Waals surface area contributed by atoms with Crippen LogP contribution in [0.25, 0.3) is 0 Å². The molecule has 0 bridgehead atoms. The van der Waals surface area contributed by atoms with Crippen LogP contribution in [-0.2, 0) is 20.9 Å². The van der Waals surface area contributed by atoms with Gasteiger partial charge in [0.15, 0.2) is 0 Å². The van der Waals surface area contributed by atoms with Crippen molar-refractivity contribution >= 4 is 31.5 Å². The van der Waals surface area contributed by atoms with E-state index in [2.05, 4.69) is 12.1 Å². The summed E-state index contributed by atoms with van der Waals surface area (Å²) in [5.41, 5.74) is 0.916. The third-order valence-electron chi connectivity index (χ3n) is 4.22. The van der Waals surface area contributed by atoms with Gasteiger partial charge in [-0.25, -0.2) is 0 Å². The molecule has 0 aromatic heterocycles. The number of hydrogen-bond donors (Lipinski definition) is 0. The van der Waals surface area contributed by atoms with Crippen LogP contribution >= 0.6 is 0 Å². The van der Waals surface area contributed by atoms with Crippen molar-refractivity contribution in [2.24, 2.45) is 0 Å². The van der Waals surface area contributed by atoms with Gasteiger partial charge in [0.25, 0.3) is 0 Å². The normalized spacial score (nSPS) is 19.2. The Hall–Kier alpha value is -2.30. The van der Waals surface area contributed by atoms with Crippen molar-refractivity contribution in [1.82, 2.24) is 4.90 Å². The second-order valence-electron chi connectivity index (χ2n) is 6.02. The molecule has 3 rings (SSSR count). The Balaban J connectivity index is 1.64. The molecule has 136 valence electrons. The van der Waals surface area contributed by atoms with Gasteiger partial charge in [0, 0.05) is 0 Å². The zero-order valence-electron chi connectivity index (χ0n) is 14.5. The molecule has 1 fully saturated rings. The first-order valence-electron chi connectivity index (χ1n) is 8.44. The molecule has 26 heavy (non-hydrogen) atoms. The average molecular weight is 418 g/mol. The van der Waals surface area contributed by atoms with Crippen molar-refractivity contribution in [3.05, 3.63) is 66.2 Å². The van der Waals surface area contributed by atoms with Crippen LogP contribution < -0.4 is 4.46 Å². The molecule has 2 atom stereocenters. The first-order valence-corrected chi connectivity index (χ1v) is 10.3. The van der Waals surface area contributed by atoms with Crippen LogP contribution in [0.2, 0.25) is 4.82 Å². The second kappa shape index (κ2) is 8.88. The van der Waals surface area contributed by atoms with Gasteiger partial charge < -0.3 is 0 Å². The molecule has 1 aliphatic rings. The molecule has 0 spiro atoms. The van der Waals surface area contributed by atoms with Gasteiger partial charge in [0.2, 0.25) is 0 Å². The topological polar surface area (TPSA) is 55.8 Å². The minimum atomic E-state index is -0.570. The van der Waals surface area contributed by atoms with Crippen molar-refractivity contribution in [3.63, 3.8) is 0 Å². The van der Waals surface area contributed by atoms with Crippen LogP contribution in [-0.4, -0.2) is 51.6 Å². The molecule has 0 radical (unpaired) electrons. The first-order chi connectivity index (χ1) is 12.7. The number of ether oxygens (including phenoxy) is 2. The Morgan fingerprint density at radius 3 is 2.38 bits per heavy atom. The number of nitrogens with zero attached hydrogens (tertiary/aromatic N) is 1. The molecule has 2 unspecified atom stereocenters. The fourth-order valence-electron chi connectivity index (χ4n) is 2.94. The molecule has 1 amide bonds. The molecule has 1 heterocycles. The summed E-state index contributed by atoms with van der Waals surface area (Å²) >= 11 is 0.183. The summed E-state index contributed by atoms with van der Waals surface area (Å²) in [4.78, 5) is 26.5. The first kappa shape index (κ1) is 18.5. The van der Waals surface area contributed by atoms with Crippen molar-refractivity contribution in [3.8, 4) is 0 Å². The number of likely N-dealkylation sites (tertiary alicyclic amines) is 1. The number of methoxy groups -OCH3 is 1. The van der Waals surface area contributed by atoms with Crippen LogP contribution in [0.4, 0.5) is 4.79 Å². The summed E-state index contributed by atoms with van der Waals surface area (Å²) in [6.45, 7) is 0.709. The molecule has 0 saturated carbocycles. The van der Waals surface area contributed by atoms with Crippen LogP contribution in [0.1, 0.15) is 12.0 Å². The minimum absolute atomic E-state index is 0.183. The molecule has 0 aliphatic carbocycles. The number of esters is 1. The Kier molecular flexibility index (Phi) is 6.31. The van der Waals surface area contributed by atoms with Crippen LogP contribution in [0.15, 0.2) is 60.7 Å². The van der Waals surface area contributed by atoms with E-state index in [1.165, 1.54) is 16.5 Å². The Labute approximate surface area is 159 Å². The zero-order chi connectivity index (χ0) is 18.4. The van der Waals surface area contributed by atoms with E-state index < -0.39 is 12.1 Å². The summed E-state index contributed by atoms with van der Waals surface area (Å²) in [5.74, 6) is -0.381. The fourth-order valence-corrected chi connectivity index (χ4v) is 5.48. The van der Waals surface area contributed by atoms with E-state index in [1.807, 2.05) is 48.5 Å². The van der Waals surface area contributed by atoms with Crippen molar-refractivity contribution in [2.75, 3.05) is 13.7 Å². The number of hydrogen-bond acceptors (Lipinski definition) is 4. The third-order valence-corrected chi connectivity index (χ3v) is 6.78. The van der Waals surface area contributed by atoms with Gasteiger partial charge >= 0.3 is 159 Å². The molecule has 6 heteroatoms. The van der Waals surface area contributed by atoms with Gasteiger partial charge in [-0.1, -0.05) is 0 Å². The molecule has 1 saturated heterocycles. The fraction of sp³-hybridized carbons (Fsp3) is 0.300. The summed E-state index contributed by atoms with van der Waals surface area (Å²) < 4.78 is 11.6. The van der Waals surface area contributed by atoms with Gasteiger partial charge in [0.05, 0.1) is 0 Å². The predicted molar refractivity (Wildman–Crippen MR) is 99.3 cm³/mol. The van der Waals surface area contributed by atoms with Gasteiger partial charge in [0.1, 0.15) is 0 Å². The number of benzene rings is 2. The average Bonchev–Trinajstić information content (AvgIpc) is 3.11. The molecule has 0 N–H and O–H groups in total. The van der Waals surface area contributed by atoms with E-state index in [-0.39, 0.29) is 32.3 Å². The molecule has 2 aromatic rings. The van der Waals surface area contributed by atoms with E-state index >= 15 is 0 Å². The van der Waals surface area contributed by atoms with E-state index in [4.69, 9.17) is 9.47 Å². The summed E-state index contributed by atoms with van der Waals surface area (Å²) in [5, 5.41) is 0. The zero-order valence-corrected chi connectivity index (χ0v) is 16.3. The Morgan fingerprint density at radius 2 is 1.73 bits per heavy atom. The van der Waals surface area contributed by atoms with Crippen molar-refractivity contribution in [1.29, 1.82) is 0 Å². The van der Waals surface area contributed by atoms with E-state index in [0.29, 0.717) is 13.0 Å². The number of carbonyl (C=O) groups excluding carboxylic acids is 2. The standard InChI is InChI=1S/C20H21NO4Se/c1-24-19(22)18-12-17(26-16-10-6-3-7-11-16)13-21(18)20(23)25-14-15-8-4-2-5-9-15/h2-11,17-18H,12-14H2,1H3.